The Hall–Kier alpha value is -1.51. The maximum atomic E-state index is 3.78. The highest BCUT2D eigenvalue weighted by atomic mass is 14.7. The van der Waals surface area contributed by atoms with E-state index in [0.29, 0.717) is 0 Å². The van der Waals surface area contributed by atoms with E-state index in [-0.39, 0.29) is 8.41 Å². The van der Waals surface area contributed by atoms with Gasteiger partial charge in [0.1, 0.15) is 0 Å². The van der Waals surface area contributed by atoms with Crippen LogP contribution in [-0.2, 0) is 0 Å². The lowest BCUT2D eigenvalue weighted by Gasteiger charge is -1.70. The Balaban J connectivity index is 0.000000206. The van der Waals surface area contributed by atoms with Crippen molar-refractivity contribution in [1.29, 1.82) is 0 Å². The van der Waals surface area contributed by atoms with Crippen molar-refractivity contribution >= 4 is 8.41 Å². The van der Waals surface area contributed by atoms with E-state index in [1.54, 1.807) is 12.4 Å². The van der Waals surface area contributed by atoms with Crippen molar-refractivity contribution in [3.05, 3.63) is 54.6 Å². The van der Waals surface area contributed by atoms with Crippen LogP contribution in [0.2, 0.25) is 0 Å². The quantitative estimate of drug-likeness (QED) is 0.603. The predicted molar refractivity (Wildman–Crippen MR) is 55.5 cm³/mol. The molecule has 0 aliphatic rings. The van der Waals surface area contributed by atoms with Gasteiger partial charge in [0, 0.05) is 32.7 Å². The second-order valence-electron chi connectivity index (χ2n) is 2.38. The number of hydrogen-bond donors (Lipinski definition) is 1. The second-order valence-corrected chi connectivity index (χ2v) is 2.38. The van der Waals surface area contributed by atoms with E-state index in [1.165, 1.54) is 5.69 Å². The van der Waals surface area contributed by atoms with Gasteiger partial charge in [-0.15, -0.1) is 0 Å². The van der Waals surface area contributed by atoms with Gasteiger partial charge in [0.15, 0.2) is 0 Å². The number of nitrogens with zero attached hydrogens (tertiary/aromatic N) is 1. The molecule has 2 nitrogen and oxygen atoms in total. The molecule has 65 valence electrons. The smallest absolute Gasteiger partial charge is 0.0267 e. The van der Waals surface area contributed by atoms with E-state index in [0.717, 1.165) is 0 Å². The molecule has 3 heteroatoms. The van der Waals surface area contributed by atoms with Crippen LogP contribution in [0.15, 0.2) is 48.9 Å². The topological polar surface area (TPSA) is 28.7 Å². The SMILES string of the molecule is Cc1ccc[nH]1.[B].c1ccncc1. The van der Waals surface area contributed by atoms with E-state index >= 15 is 0 Å². The Morgan fingerprint density at radius 2 is 1.77 bits per heavy atom. The third-order valence-electron chi connectivity index (χ3n) is 1.32. The molecule has 0 saturated heterocycles. The van der Waals surface area contributed by atoms with Crippen molar-refractivity contribution < 1.29 is 0 Å². The van der Waals surface area contributed by atoms with Crippen molar-refractivity contribution in [1.82, 2.24) is 9.97 Å². The first-order valence-electron chi connectivity index (χ1n) is 3.84. The lowest BCUT2D eigenvalue weighted by atomic mass is 10.5. The zero-order valence-corrected chi connectivity index (χ0v) is 7.64. The highest BCUT2D eigenvalue weighted by Gasteiger charge is 1.72. The molecule has 0 unspecified atom stereocenters. The minimum absolute atomic E-state index is 0. The fraction of sp³-hybridized carbons (Fsp3) is 0.100. The van der Waals surface area contributed by atoms with E-state index in [2.05, 4.69) is 9.97 Å². The summed E-state index contributed by atoms with van der Waals surface area (Å²) in [6, 6.07) is 9.72. The van der Waals surface area contributed by atoms with Crippen molar-refractivity contribution in [3.63, 3.8) is 0 Å². The monoisotopic (exact) mass is 171 g/mol. The summed E-state index contributed by atoms with van der Waals surface area (Å²) in [7, 11) is 0. The maximum absolute atomic E-state index is 3.78. The second kappa shape index (κ2) is 7.16. The van der Waals surface area contributed by atoms with Gasteiger partial charge in [0.2, 0.25) is 0 Å². The number of hydrogen-bond acceptors (Lipinski definition) is 1. The molecule has 0 aliphatic carbocycles. The fourth-order valence-electron chi connectivity index (χ4n) is 0.733. The van der Waals surface area contributed by atoms with Crippen LogP contribution in [0, 0.1) is 6.92 Å². The first-order chi connectivity index (χ1) is 5.89. The minimum Gasteiger partial charge on any atom is -0.365 e. The number of pyridine rings is 1. The summed E-state index contributed by atoms with van der Waals surface area (Å²) in [5.74, 6) is 0. The molecule has 0 amide bonds. The van der Waals surface area contributed by atoms with Crippen molar-refractivity contribution in [2.75, 3.05) is 0 Å². The van der Waals surface area contributed by atoms with Crippen molar-refractivity contribution in [3.8, 4) is 0 Å². The summed E-state index contributed by atoms with van der Waals surface area (Å²) in [5.41, 5.74) is 1.22. The molecule has 0 aromatic carbocycles. The van der Waals surface area contributed by atoms with E-state index in [4.69, 9.17) is 0 Å². The zero-order chi connectivity index (χ0) is 8.65. The van der Waals surface area contributed by atoms with Crippen LogP contribution in [-0.4, -0.2) is 18.4 Å². The fourth-order valence-corrected chi connectivity index (χ4v) is 0.733. The molecule has 2 aromatic rings. The van der Waals surface area contributed by atoms with Gasteiger partial charge in [-0.2, -0.15) is 0 Å². The Bertz CT molecular complexity index is 252. The first kappa shape index (κ1) is 11.5. The van der Waals surface area contributed by atoms with Gasteiger partial charge >= 0.3 is 0 Å². The van der Waals surface area contributed by atoms with Gasteiger partial charge in [-0.25, -0.2) is 0 Å². The summed E-state index contributed by atoms with van der Waals surface area (Å²) in [6.45, 7) is 2.03. The first-order valence-corrected chi connectivity index (χ1v) is 3.84. The van der Waals surface area contributed by atoms with Gasteiger partial charge in [-0.3, -0.25) is 4.98 Å². The van der Waals surface area contributed by atoms with Crippen LogP contribution in [0.3, 0.4) is 0 Å². The lowest BCUT2D eigenvalue weighted by Crippen LogP contribution is -1.59. The maximum Gasteiger partial charge on any atom is 0.0267 e. The minimum atomic E-state index is 0. The molecule has 0 saturated carbocycles. The summed E-state index contributed by atoms with van der Waals surface area (Å²) in [6.07, 6.45) is 5.41. The lowest BCUT2D eigenvalue weighted by molar-refractivity contribution is 1.27. The molecule has 0 fully saturated rings. The molecule has 13 heavy (non-hydrogen) atoms. The largest absolute Gasteiger partial charge is 0.365 e. The summed E-state index contributed by atoms with van der Waals surface area (Å²) < 4.78 is 0. The number of aryl methyl sites for hydroxylation is 1. The van der Waals surface area contributed by atoms with Gasteiger partial charge in [0.05, 0.1) is 0 Å². The highest BCUT2D eigenvalue weighted by Crippen LogP contribution is 1.86. The molecular weight excluding hydrogens is 159 g/mol. The normalized spacial score (nSPS) is 7.77. The third kappa shape index (κ3) is 5.73. The molecule has 1 N–H and O–H groups in total. The Morgan fingerprint density at radius 3 is 1.92 bits per heavy atom. The Morgan fingerprint density at radius 1 is 1.08 bits per heavy atom. The summed E-state index contributed by atoms with van der Waals surface area (Å²) >= 11 is 0. The number of aromatic amines is 1. The number of nitrogens with one attached hydrogen (secondary N) is 1. The Kier molecular flexibility index (Phi) is 6.33. The molecule has 0 atom stereocenters. The van der Waals surface area contributed by atoms with Crippen LogP contribution in [0.5, 0.6) is 0 Å². The van der Waals surface area contributed by atoms with Gasteiger partial charge in [0.25, 0.3) is 0 Å². The zero-order valence-electron chi connectivity index (χ0n) is 7.64. The van der Waals surface area contributed by atoms with Gasteiger partial charge in [-0.1, -0.05) is 6.07 Å². The van der Waals surface area contributed by atoms with Crippen LogP contribution < -0.4 is 0 Å². The average molecular weight is 171 g/mol. The number of H-pyrrole nitrogens is 1. The van der Waals surface area contributed by atoms with Gasteiger partial charge in [-0.05, 0) is 31.2 Å². The molecule has 0 spiro atoms. The highest BCUT2D eigenvalue weighted by molar-refractivity contribution is 5.75. The average Bonchev–Trinajstić information content (AvgIpc) is 2.60. The predicted octanol–water partition coefficient (Wildman–Crippen LogP) is 2.02. The standard InChI is InChI=1S/C5H7N.C5H5N.B/c1-5-3-2-4-6-5;1-2-4-6-5-3-1;/h2-4,6H,1H3;1-5H;. The third-order valence-corrected chi connectivity index (χ3v) is 1.32. The molecular formula is C10H12BN2. The van der Waals surface area contributed by atoms with E-state index in [9.17, 15) is 0 Å². The molecule has 2 aromatic heterocycles. The number of rotatable bonds is 0. The number of aromatic nitrogens is 2. The van der Waals surface area contributed by atoms with Crippen LogP contribution in [0.25, 0.3) is 0 Å². The summed E-state index contributed by atoms with van der Waals surface area (Å²) in [5, 5.41) is 0. The van der Waals surface area contributed by atoms with E-state index < -0.39 is 0 Å². The van der Waals surface area contributed by atoms with E-state index in [1.807, 2.05) is 43.5 Å². The van der Waals surface area contributed by atoms with Crippen molar-refractivity contribution in [2.45, 2.75) is 6.92 Å². The molecule has 3 radical (unpaired) electrons. The van der Waals surface area contributed by atoms with Crippen LogP contribution in [0.4, 0.5) is 0 Å². The molecule has 0 bridgehead atoms. The molecule has 0 aliphatic heterocycles. The molecule has 2 heterocycles. The Labute approximate surface area is 80.6 Å². The summed E-state index contributed by atoms with van der Waals surface area (Å²) in [4.78, 5) is 6.78. The molecule has 2 rings (SSSR count). The van der Waals surface area contributed by atoms with Crippen LogP contribution >= 0.6 is 0 Å². The van der Waals surface area contributed by atoms with Crippen molar-refractivity contribution in [2.24, 2.45) is 0 Å². The van der Waals surface area contributed by atoms with Gasteiger partial charge < -0.3 is 4.98 Å². The van der Waals surface area contributed by atoms with Crippen LogP contribution in [0.1, 0.15) is 5.69 Å².